The number of benzene rings is 4. The van der Waals surface area contributed by atoms with Crippen LogP contribution in [0.4, 0.5) is 0 Å². The summed E-state index contributed by atoms with van der Waals surface area (Å²) in [5.74, 6) is 1.02. The standard InChI is InChI=1S/C26H23NO4S/c28-32(29,23-13-14-24-25(18-23)31-16-6-15-30-24)27-26(20-8-2-1-3-9-20)22-12-11-19-7-4-5-10-21(19)17-22/h1-5,7-14,17-18,26-27H,6,15-16H2/t26-/m0/s1. The van der Waals surface area contributed by atoms with Gasteiger partial charge in [-0.25, -0.2) is 8.42 Å². The molecule has 0 amide bonds. The third kappa shape index (κ3) is 4.20. The summed E-state index contributed by atoms with van der Waals surface area (Å²) < 4.78 is 41.1. The third-order valence-corrected chi connectivity index (χ3v) is 6.96. The first-order valence-corrected chi connectivity index (χ1v) is 12.0. The zero-order valence-electron chi connectivity index (χ0n) is 17.4. The van der Waals surface area contributed by atoms with Crippen LogP contribution in [0.3, 0.4) is 0 Å². The van der Waals surface area contributed by atoms with Crippen molar-refractivity contribution in [3.05, 3.63) is 102 Å². The first kappa shape index (κ1) is 20.5. The summed E-state index contributed by atoms with van der Waals surface area (Å²) in [4.78, 5) is 0.142. The van der Waals surface area contributed by atoms with Crippen molar-refractivity contribution in [1.82, 2.24) is 4.72 Å². The number of ether oxygens (including phenoxy) is 2. The molecule has 0 saturated heterocycles. The molecule has 1 aliphatic rings. The summed E-state index contributed by atoms with van der Waals surface area (Å²) in [6.07, 6.45) is 0.757. The van der Waals surface area contributed by atoms with E-state index in [-0.39, 0.29) is 4.90 Å². The van der Waals surface area contributed by atoms with E-state index in [1.54, 1.807) is 12.1 Å². The Bertz CT molecular complexity index is 1350. The summed E-state index contributed by atoms with van der Waals surface area (Å²) >= 11 is 0. The maximum atomic E-state index is 13.4. The monoisotopic (exact) mass is 445 g/mol. The molecule has 5 nitrogen and oxygen atoms in total. The van der Waals surface area contributed by atoms with E-state index < -0.39 is 16.1 Å². The summed E-state index contributed by atoms with van der Waals surface area (Å²) in [7, 11) is -3.84. The van der Waals surface area contributed by atoms with Crippen molar-refractivity contribution >= 4 is 20.8 Å². The van der Waals surface area contributed by atoms with Crippen molar-refractivity contribution in [1.29, 1.82) is 0 Å². The Kier molecular flexibility index (Phi) is 5.55. The van der Waals surface area contributed by atoms with E-state index in [0.717, 1.165) is 28.3 Å². The predicted molar refractivity (Wildman–Crippen MR) is 125 cm³/mol. The molecule has 4 aromatic carbocycles. The molecule has 0 radical (unpaired) electrons. The summed E-state index contributed by atoms with van der Waals surface area (Å²) in [5.41, 5.74) is 1.73. The molecule has 1 atom stereocenters. The maximum Gasteiger partial charge on any atom is 0.241 e. The minimum absolute atomic E-state index is 0.142. The summed E-state index contributed by atoms with van der Waals surface area (Å²) in [6.45, 7) is 1.04. The second-order valence-electron chi connectivity index (χ2n) is 7.73. The van der Waals surface area contributed by atoms with Crippen LogP contribution in [0, 0.1) is 0 Å². The molecule has 6 heteroatoms. The van der Waals surface area contributed by atoms with Gasteiger partial charge in [0.25, 0.3) is 0 Å². The lowest BCUT2D eigenvalue weighted by molar-refractivity contribution is 0.297. The molecule has 4 aromatic rings. The van der Waals surface area contributed by atoms with Gasteiger partial charge in [0.2, 0.25) is 10.0 Å². The van der Waals surface area contributed by atoms with Gasteiger partial charge in [-0.2, -0.15) is 4.72 Å². The van der Waals surface area contributed by atoms with Crippen LogP contribution in [-0.4, -0.2) is 21.6 Å². The van der Waals surface area contributed by atoms with E-state index in [4.69, 9.17) is 9.47 Å². The molecule has 5 rings (SSSR count). The van der Waals surface area contributed by atoms with Gasteiger partial charge in [0, 0.05) is 12.5 Å². The molecule has 0 aliphatic carbocycles. The molecule has 0 bridgehead atoms. The number of rotatable bonds is 5. The van der Waals surface area contributed by atoms with Crippen LogP contribution in [0.5, 0.6) is 11.5 Å². The first-order chi connectivity index (χ1) is 15.6. The number of fused-ring (bicyclic) bond motifs is 2. The topological polar surface area (TPSA) is 64.6 Å². The van der Waals surface area contributed by atoms with Crippen molar-refractivity contribution in [2.45, 2.75) is 17.4 Å². The minimum Gasteiger partial charge on any atom is -0.490 e. The number of sulfonamides is 1. The third-order valence-electron chi connectivity index (χ3n) is 5.54. The molecule has 32 heavy (non-hydrogen) atoms. The van der Waals surface area contributed by atoms with E-state index in [9.17, 15) is 8.42 Å². The second kappa shape index (κ2) is 8.65. The molecule has 1 N–H and O–H groups in total. The highest BCUT2D eigenvalue weighted by Crippen LogP contribution is 2.33. The Morgan fingerprint density at radius 3 is 2.22 bits per heavy atom. The Labute approximate surface area is 187 Å². The highest BCUT2D eigenvalue weighted by molar-refractivity contribution is 7.89. The molecule has 1 aliphatic heterocycles. The van der Waals surface area contributed by atoms with Gasteiger partial charge in [-0.05, 0) is 40.1 Å². The van der Waals surface area contributed by atoms with Crippen molar-refractivity contribution in [3.8, 4) is 11.5 Å². The van der Waals surface area contributed by atoms with Crippen molar-refractivity contribution in [2.75, 3.05) is 13.2 Å². The van der Waals surface area contributed by atoms with Gasteiger partial charge < -0.3 is 9.47 Å². The van der Waals surface area contributed by atoms with Gasteiger partial charge in [0.1, 0.15) is 0 Å². The Morgan fingerprint density at radius 2 is 1.41 bits per heavy atom. The Morgan fingerprint density at radius 1 is 0.688 bits per heavy atom. The highest BCUT2D eigenvalue weighted by atomic mass is 32.2. The van der Waals surface area contributed by atoms with Gasteiger partial charge in [-0.1, -0.05) is 66.7 Å². The minimum atomic E-state index is -3.84. The van der Waals surface area contributed by atoms with Crippen molar-refractivity contribution in [2.24, 2.45) is 0 Å². The van der Waals surface area contributed by atoms with Crippen molar-refractivity contribution in [3.63, 3.8) is 0 Å². The quantitative estimate of drug-likeness (QED) is 0.466. The van der Waals surface area contributed by atoms with E-state index >= 15 is 0 Å². The maximum absolute atomic E-state index is 13.4. The van der Waals surface area contributed by atoms with Gasteiger partial charge in [-0.3, -0.25) is 0 Å². The lowest BCUT2D eigenvalue weighted by Crippen LogP contribution is -2.29. The lowest BCUT2D eigenvalue weighted by atomic mass is 9.97. The van der Waals surface area contributed by atoms with Crippen molar-refractivity contribution < 1.29 is 17.9 Å². The van der Waals surface area contributed by atoms with Gasteiger partial charge >= 0.3 is 0 Å². The normalized spacial score (nSPS) is 14.6. The van der Waals surface area contributed by atoms with E-state index in [1.165, 1.54) is 6.07 Å². The molecule has 162 valence electrons. The molecular formula is C26H23NO4S. The van der Waals surface area contributed by atoms with Crippen LogP contribution in [0.15, 0.2) is 95.9 Å². The van der Waals surface area contributed by atoms with Crippen LogP contribution in [0.25, 0.3) is 10.8 Å². The molecule has 0 fully saturated rings. The molecule has 1 heterocycles. The van der Waals surface area contributed by atoms with Crippen LogP contribution < -0.4 is 14.2 Å². The van der Waals surface area contributed by atoms with Crippen LogP contribution in [0.2, 0.25) is 0 Å². The molecule has 0 unspecified atom stereocenters. The average molecular weight is 446 g/mol. The largest absolute Gasteiger partial charge is 0.490 e. The molecule has 0 spiro atoms. The number of hydrogen-bond acceptors (Lipinski definition) is 4. The lowest BCUT2D eigenvalue weighted by Gasteiger charge is -2.21. The molecular weight excluding hydrogens is 422 g/mol. The SMILES string of the molecule is O=S(=O)(N[C@@H](c1ccccc1)c1ccc2ccccc2c1)c1ccc2c(c1)OCCCO2. The number of hydrogen-bond donors (Lipinski definition) is 1. The van der Waals surface area contributed by atoms with Crippen LogP contribution in [0.1, 0.15) is 23.6 Å². The zero-order chi connectivity index (χ0) is 22.0. The van der Waals surface area contributed by atoms with Gasteiger partial charge in [0.15, 0.2) is 11.5 Å². The average Bonchev–Trinajstić information content (AvgIpc) is 3.08. The smallest absolute Gasteiger partial charge is 0.241 e. The zero-order valence-corrected chi connectivity index (χ0v) is 18.2. The second-order valence-corrected chi connectivity index (χ2v) is 9.44. The van der Waals surface area contributed by atoms with Crippen LogP contribution in [-0.2, 0) is 10.0 Å². The summed E-state index contributed by atoms with van der Waals surface area (Å²) in [5, 5.41) is 2.16. The Balaban J connectivity index is 1.54. The fraction of sp³-hybridized carbons (Fsp3) is 0.154. The Hall–Kier alpha value is -3.35. The fourth-order valence-electron chi connectivity index (χ4n) is 3.90. The van der Waals surface area contributed by atoms with Crippen LogP contribution >= 0.6 is 0 Å². The summed E-state index contributed by atoms with van der Waals surface area (Å²) in [6, 6.07) is 27.8. The molecule has 0 saturated carbocycles. The highest BCUT2D eigenvalue weighted by Gasteiger charge is 2.25. The van der Waals surface area contributed by atoms with Gasteiger partial charge in [0.05, 0.1) is 24.2 Å². The first-order valence-electron chi connectivity index (χ1n) is 10.6. The van der Waals surface area contributed by atoms with E-state index in [2.05, 4.69) is 4.72 Å². The van der Waals surface area contributed by atoms with E-state index in [0.29, 0.717) is 24.7 Å². The predicted octanol–water partition coefficient (Wildman–Crippen LogP) is 5.07. The molecule has 0 aromatic heterocycles. The fourth-order valence-corrected chi connectivity index (χ4v) is 5.12. The van der Waals surface area contributed by atoms with E-state index in [1.807, 2.05) is 72.8 Å². The number of nitrogens with one attached hydrogen (secondary N) is 1. The van der Waals surface area contributed by atoms with Gasteiger partial charge in [-0.15, -0.1) is 0 Å².